The summed E-state index contributed by atoms with van der Waals surface area (Å²) in [6.07, 6.45) is 6.50. The van der Waals surface area contributed by atoms with E-state index in [9.17, 15) is 0 Å². The Morgan fingerprint density at radius 1 is 1.26 bits per heavy atom. The van der Waals surface area contributed by atoms with Gasteiger partial charge in [-0.2, -0.15) is 4.37 Å². The summed E-state index contributed by atoms with van der Waals surface area (Å²) in [6, 6.07) is 0. The SMILES string of the molecule is COC(c1nsc(NC(C)(C)C)n1)C1CCCCC1. The first-order chi connectivity index (χ1) is 8.99. The molecule has 1 fully saturated rings. The van der Waals surface area contributed by atoms with Crippen LogP contribution < -0.4 is 5.32 Å². The lowest BCUT2D eigenvalue weighted by molar-refractivity contribution is 0.0298. The first kappa shape index (κ1) is 14.7. The minimum atomic E-state index is 0.0181. The van der Waals surface area contributed by atoms with Gasteiger partial charge in [-0.1, -0.05) is 19.3 Å². The molecule has 1 atom stereocenters. The second-order valence-electron chi connectivity index (χ2n) is 6.39. The standard InChI is InChI=1S/C14H25N3OS/c1-14(2,3)16-13-15-12(17-19-13)11(18-4)10-8-6-5-7-9-10/h10-11H,5-9H2,1-4H3,(H,15,16,17). The highest BCUT2D eigenvalue weighted by Gasteiger charge is 2.28. The van der Waals surface area contributed by atoms with Gasteiger partial charge in [-0.05, 0) is 39.5 Å². The number of anilines is 1. The average molecular weight is 283 g/mol. The maximum Gasteiger partial charge on any atom is 0.203 e. The van der Waals surface area contributed by atoms with E-state index in [-0.39, 0.29) is 11.6 Å². The van der Waals surface area contributed by atoms with Crippen LogP contribution in [0.15, 0.2) is 0 Å². The molecule has 1 saturated carbocycles. The Labute approximate surface area is 120 Å². The van der Waals surface area contributed by atoms with Crippen molar-refractivity contribution in [1.82, 2.24) is 9.36 Å². The van der Waals surface area contributed by atoms with Crippen LogP contribution in [0.3, 0.4) is 0 Å². The van der Waals surface area contributed by atoms with Crippen molar-refractivity contribution in [3.63, 3.8) is 0 Å². The van der Waals surface area contributed by atoms with E-state index in [0.717, 1.165) is 11.0 Å². The van der Waals surface area contributed by atoms with Crippen LogP contribution >= 0.6 is 11.5 Å². The van der Waals surface area contributed by atoms with Gasteiger partial charge in [-0.15, -0.1) is 0 Å². The quantitative estimate of drug-likeness (QED) is 0.906. The fourth-order valence-electron chi connectivity index (χ4n) is 2.67. The second-order valence-corrected chi connectivity index (χ2v) is 7.14. The molecule has 1 unspecified atom stereocenters. The summed E-state index contributed by atoms with van der Waals surface area (Å²) >= 11 is 1.43. The zero-order chi connectivity index (χ0) is 13.9. The van der Waals surface area contributed by atoms with Gasteiger partial charge in [0, 0.05) is 24.2 Å². The van der Waals surface area contributed by atoms with Crippen molar-refractivity contribution in [2.45, 2.75) is 64.5 Å². The highest BCUT2D eigenvalue weighted by atomic mass is 32.1. The number of aromatic nitrogens is 2. The zero-order valence-electron chi connectivity index (χ0n) is 12.4. The molecule has 1 heterocycles. The summed E-state index contributed by atoms with van der Waals surface area (Å²) in [6.45, 7) is 6.38. The van der Waals surface area contributed by atoms with Gasteiger partial charge in [0.1, 0.15) is 6.10 Å². The normalized spacial score (nSPS) is 19.4. The van der Waals surface area contributed by atoms with Crippen molar-refractivity contribution in [2.75, 3.05) is 12.4 Å². The van der Waals surface area contributed by atoms with Crippen LogP contribution in [-0.2, 0) is 4.74 Å². The summed E-state index contributed by atoms with van der Waals surface area (Å²) in [5.74, 6) is 1.43. The topological polar surface area (TPSA) is 47.0 Å². The molecular weight excluding hydrogens is 258 g/mol. The van der Waals surface area contributed by atoms with Crippen molar-refractivity contribution in [3.05, 3.63) is 5.82 Å². The summed E-state index contributed by atoms with van der Waals surface area (Å²) in [4.78, 5) is 4.61. The van der Waals surface area contributed by atoms with E-state index < -0.39 is 0 Å². The molecule has 0 aliphatic heterocycles. The Balaban J connectivity index is 2.06. The second kappa shape index (κ2) is 6.18. The number of hydrogen-bond donors (Lipinski definition) is 1. The van der Waals surface area contributed by atoms with E-state index in [1.807, 2.05) is 0 Å². The van der Waals surface area contributed by atoms with E-state index in [4.69, 9.17) is 4.74 Å². The number of nitrogens with zero attached hydrogens (tertiary/aromatic N) is 2. The Morgan fingerprint density at radius 2 is 1.95 bits per heavy atom. The Hall–Kier alpha value is -0.680. The molecule has 1 aliphatic carbocycles. The summed E-state index contributed by atoms with van der Waals surface area (Å²) < 4.78 is 10.2. The molecule has 108 valence electrons. The molecule has 0 aromatic carbocycles. The van der Waals surface area contributed by atoms with Crippen LogP contribution in [0.4, 0.5) is 5.13 Å². The minimum Gasteiger partial charge on any atom is -0.373 e. The first-order valence-corrected chi connectivity index (χ1v) is 7.91. The molecule has 1 aliphatic rings. The molecule has 1 aromatic rings. The lowest BCUT2D eigenvalue weighted by Crippen LogP contribution is -2.26. The van der Waals surface area contributed by atoms with Gasteiger partial charge in [-0.3, -0.25) is 0 Å². The molecule has 0 spiro atoms. The Kier molecular flexibility index (Phi) is 4.79. The van der Waals surface area contributed by atoms with Crippen molar-refractivity contribution >= 4 is 16.7 Å². The largest absolute Gasteiger partial charge is 0.373 e. The number of ether oxygens (including phenoxy) is 1. The number of methoxy groups -OCH3 is 1. The van der Waals surface area contributed by atoms with E-state index >= 15 is 0 Å². The van der Waals surface area contributed by atoms with Crippen LogP contribution in [0.1, 0.15) is 64.8 Å². The molecule has 1 N–H and O–H groups in total. The molecule has 0 bridgehead atoms. The van der Waals surface area contributed by atoms with E-state index in [1.54, 1.807) is 7.11 Å². The smallest absolute Gasteiger partial charge is 0.203 e. The van der Waals surface area contributed by atoms with Gasteiger partial charge in [0.05, 0.1) is 0 Å². The van der Waals surface area contributed by atoms with Crippen molar-refractivity contribution < 1.29 is 4.74 Å². The maximum absolute atomic E-state index is 5.67. The molecule has 19 heavy (non-hydrogen) atoms. The van der Waals surface area contributed by atoms with Gasteiger partial charge in [-0.25, -0.2) is 4.98 Å². The molecule has 0 saturated heterocycles. The third kappa shape index (κ3) is 4.14. The Bertz CT molecular complexity index is 394. The maximum atomic E-state index is 5.67. The average Bonchev–Trinajstić information content (AvgIpc) is 2.77. The van der Waals surface area contributed by atoms with Crippen LogP contribution in [-0.4, -0.2) is 22.0 Å². The minimum absolute atomic E-state index is 0.0181. The molecule has 1 aromatic heterocycles. The lowest BCUT2D eigenvalue weighted by Gasteiger charge is -2.27. The first-order valence-electron chi connectivity index (χ1n) is 7.14. The van der Waals surface area contributed by atoms with Gasteiger partial charge >= 0.3 is 0 Å². The predicted molar refractivity (Wildman–Crippen MR) is 79.6 cm³/mol. The predicted octanol–water partition coefficient (Wildman–Crippen LogP) is 4.02. The molecular formula is C14H25N3OS. The van der Waals surface area contributed by atoms with Crippen LogP contribution in [0.5, 0.6) is 0 Å². The third-order valence-electron chi connectivity index (χ3n) is 3.51. The zero-order valence-corrected chi connectivity index (χ0v) is 13.2. The van der Waals surface area contributed by atoms with E-state index in [0.29, 0.717) is 5.92 Å². The van der Waals surface area contributed by atoms with Gasteiger partial charge in [0.2, 0.25) is 5.13 Å². The molecule has 5 heteroatoms. The Morgan fingerprint density at radius 3 is 2.53 bits per heavy atom. The molecule has 4 nitrogen and oxygen atoms in total. The number of hydrogen-bond acceptors (Lipinski definition) is 5. The van der Waals surface area contributed by atoms with Crippen molar-refractivity contribution in [3.8, 4) is 0 Å². The highest BCUT2D eigenvalue weighted by molar-refractivity contribution is 7.09. The summed E-state index contributed by atoms with van der Waals surface area (Å²) in [5.41, 5.74) is 0.0181. The fraction of sp³-hybridized carbons (Fsp3) is 0.857. The van der Waals surface area contributed by atoms with Gasteiger partial charge in [0.15, 0.2) is 5.82 Å². The van der Waals surface area contributed by atoms with Crippen LogP contribution in [0, 0.1) is 5.92 Å². The third-order valence-corrected chi connectivity index (χ3v) is 4.15. The van der Waals surface area contributed by atoms with E-state index in [1.165, 1.54) is 43.6 Å². The molecule has 2 rings (SSSR count). The lowest BCUT2D eigenvalue weighted by atomic mass is 9.85. The summed E-state index contributed by atoms with van der Waals surface area (Å²) in [5, 5.41) is 4.26. The fourth-order valence-corrected chi connectivity index (χ4v) is 3.48. The van der Waals surface area contributed by atoms with Gasteiger partial charge in [0.25, 0.3) is 0 Å². The number of nitrogens with one attached hydrogen (secondary N) is 1. The van der Waals surface area contributed by atoms with E-state index in [2.05, 4.69) is 35.4 Å². The van der Waals surface area contributed by atoms with Crippen LogP contribution in [0.25, 0.3) is 0 Å². The van der Waals surface area contributed by atoms with Crippen molar-refractivity contribution in [1.29, 1.82) is 0 Å². The summed E-state index contributed by atoms with van der Waals surface area (Å²) in [7, 11) is 1.77. The molecule has 0 amide bonds. The van der Waals surface area contributed by atoms with Crippen LogP contribution in [0.2, 0.25) is 0 Å². The monoisotopic (exact) mass is 283 g/mol. The van der Waals surface area contributed by atoms with Gasteiger partial charge < -0.3 is 10.1 Å². The highest BCUT2D eigenvalue weighted by Crippen LogP contribution is 2.36. The van der Waals surface area contributed by atoms with Crippen molar-refractivity contribution in [2.24, 2.45) is 5.92 Å². The number of rotatable bonds is 4. The molecule has 0 radical (unpaired) electrons.